The normalized spacial score (nSPS) is 17.5. The minimum atomic E-state index is -3.52. The smallest absolute Gasteiger partial charge is 0.409 e. The molecule has 0 spiro atoms. The molecular weight excluding hydrogens is 328 g/mol. The number of nitrogens with zero attached hydrogens (tertiary/aromatic N) is 2. The van der Waals surface area contributed by atoms with E-state index in [-0.39, 0.29) is 19.2 Å². The van der Waals surface area contributed by atoms with Gasteiger partial charge in [0.05, 0.1) is 11.5 Å². The first-order chi connectivity index (χ1) is 11.4. The number of piperazine rings is 1. The Hall–Kier alpha value is -1.60. The second-order valence-corrected chi connectivity index (χ2v) is 7.91. The van der Waals surface area contributed by atoms with Gasteiger partial charge in [0, 0.05) is 26.2 Å². The Morgan fingerprint density at radius 3 is 2.21 bits per heavy atom. The van der Waals surface area contributed by atoms with Crippen LogP contribution in [0.1, 0.15) is 38.7 Å². The summed E-state index contributed by atoms with van der Waals surface area (Å²) in [6.45, 7) is 7.58. The topological polar surface area (TPSA) is 66.9 Å². The molecule has 1 heterocycles. The van der Waals surface area contributed by atoms with Crippen molar-refractivity contribution >= 4 is 16.1 Å². The van der Waals surface area contributed by atoms with Crippen LogP contribution in [0.15, 0.2) is 29.2 Å². The molecule has 0 bridgehead atoms. The SMILES string of the molecule is CCOC(=O)N1CCN(S(=O)(=O)c2ccc(C(C)CC)cc2)CC1. The Morgan fingerprint density at radius 2 is 1.71 bits per heavy atom. The van der Waals surface area contributed by atoms with Gasteiger partial charge in [-0.1, -0.05) is 26.0 Å². The van der Waals surface area contributed by atoms with Crippen LogP contribution in [0.3, 0.4) is 0 Å². The van der Waals surface area contributed by atoms with E-state index in [0.717, 1.165) is 12.0 Å². The van der Waals surface area contributed by atoms with Gasteiger partial charge in [-0.05, 0) is 37.0 Å². The Kier molecular flexibility index (Phi) is 6.23. The molecule has 1 aliphatic heterocycles. The number of carbonyl (C=O) groups is 1. The third kappa shape index (κ3) is 4.08. The average Bonchev–Trinajstić information content (AvgIpc) is 2.61. The van der Waals surface area contributed by atoms with Gasteiger partial charge in [0.2, 0.25) is 10.0 Å². The summed E-state index contributed by atoms with van der Waals surface area (Å²) in [5.74, 6) is 0.412. The summed E-state index contributed by atoms with van der Waals surface area (Å²) in [4.78, 5) is 13.5. The summed E-state index contributed by atoms with van der Waals surface area (Å²) >= 11 is 0. The molecule has 6 nitrogen and oxygen atoms in total. The van der Waals surface area contributed by atoms with E-state index in [1.807, 2.05) is 12.1 Å². The minimum absolute atomic E-state index is 0.286. The van der Waals surface area contributed by atoms with Gasteiger partial charge in [-0.15, -0.1) is 0 Å². The molecule has 0 aliphatic carbocycles. The summed E-state index contributed by atoms with van der Waals surface area (Å²) in [6.07, 6.45) is 0.634. The van der Waals surface area contributed by atoms with Crippen LogP contribution in [-0.4, -0.2) is 56.5 Å². The fraction of sp³-hybridized carbons (Fsp3) is 0.588. The highest BCUT2D eigenvalue weighted by Crippen LogP contribution is 2.23. The molecule has 0 aromatic heterocycles. The van der Waals surface area contributed by atoms with E-state index < -0.39 is 10.0 Å². The van der Waals surface area contributed by atoms with E-state index in [2.05, 4.69) is 13.8 Å². The number of ether oxygens (including phenoxy) is 1. The van der Waals surface area contributed by atoms with E-state index in [0.29, 0.717) is 30.5 Å². The number of hydrogen-bond acceptors (Lipinski definition) is 4. The lowest BCUT2D eigenvalue weighted by Gasteiger charge is -2.33. The predicted octanol–water partition coefficient (Wildman–Crippen LogP) is 2.66. The number of benzene rings is 1. The van der Waals surface area contributed by atoms with Gasteiger partial charge in [0.1, 0.15) is 0 Å². The van der Waals surface area contributed by atoms with Gasteiger partial charge < -0.3 is 9.64 Å². The molecule has 1 unspecified atom stereocenters. The molecule has 0 N–H and O–H groups in total. The molecule has 1 atom stereocenters. The fourth-order valence-electron chi connectivity index (χ4n) is 2.68. The monoisotopic (exact) mass is 354 g/mol. The molecule has 134 valence electrons. The van der Waals surface area contributed by atoms with Crippen molar-refractivity contribution in [2.45, 2.75) is 38.0 Å². The number of carbonyl (C=O) groups excluding carboxylic acids is 1. The molecule has 0 radical (unpaired) electrons. The van der Waals surface area contributed by atoms with Crippen molar-refractivity contribution in [1.82, 2.24) is 9.21 Å². The molecule has 24 heavy (non-hydrogen) atoms. The minimum Gasteiger partial charge on any atom is -0.450 e. The summed E-state index contributed by atoms with van der Waals surface area (Å²) in [6, 6.07) is 7.12. The molecular formula is C17H26N2O4S. The molecule has 1 aliphatic rings. The maximum Gasteiger partial charge on any atom is 0.409 e. The zero-order valence-electron chi connectivity index (χ0n) is 14.6. The van der Waals surface area contributed by atoms with Gasteiger partial charge in [-0.3, -0.25) is 0 Å². The summed E-state index contributed by atoms with van der Waals surface area (Å²) in [5.41, 5.74) is 1.14. The van der Waals surface area contributed by atoms with E-state index in [1.165, 1.54) is 4.31 Å². The van der Waals surface area contributed by atoms with E-state index >= 15 is 0 Å². The molecule has 7 heteroatoms. The van der Waals surface area contributed by atoms with Gasteiger partial charge >= 0.3 is 6.09 Å². The number of amides is 1. The van der Waals surface area contributed by atoms with Crippen LogP contribution in [0.2, 0.25) is 0 Å². The van der Waals surface area contributed by atoms with Crippen LogP contribution in [-0.2, 0) is 14.8 Å². The second-order valence-electron chi connectivity index (χ2n) is 5.97. The van der Waals surface area contributed by atoms with Crippen LogP contribution in [0.25, 0.3) is 0 Å². The molecule has 1 amide bonds. The maximum atomic E-state index is 12.7. The Labute approximate surface area is 144 Å². The lowest BCUT2D eigenvalue weighted by atomic mass is 9.99. The summed E-state index contributed by atoms with van der Waals surface area (Å²) < 4.78 is 31.8. The zero-order valence-corrected chi connectivity index (χ0v) is 15.4. The summed E-state index contributed by atoms with van der Waals surface area (Å²) in [5, 5.41) is 0. The fourth-order valence-corrected chi connectivity index (χ4v) is 4.10. The van der Waals surface area contributed by atoms with E-state index in [9.17, 15) is 13.2 Å². The highest BCUT2D eigenvalue weighted by Gasteiger charge is 2.30. The Bertz CT molecular complexity index is 650. The summed E-state index contributed by atoms with van der Waals surface area (Å²) in [7, 11) is -3.52. The van der Waals surface area contributed by atoms with Crippen molar-refractivity contribution in [2.75, 3.05) is 32.8 Å². The standard InChI is InChI=1S/C17H26N2O4S/c1-4-14(3)15-6-8-16(9-7-15)24(21,22)19-12-10-18(11-13-19)17(20)23-5-2/h6-9,14H,4-5,10-13H2,1-3H3. The second kappa shape index (κ2) is 7.98. The number of hydrogen-bond donors (Lipinski definition) is 0. The van der Waals surface area contributed by atoms with E-state index in [1.54, 1.807) is 24.0 Å². The van der Waals surface area contributed by atoms with Crippen molar-refractivity contribution in [1.29, 1.82) is 0 Å². The lowest BCUT2D eigenvalue weighted by Crippen LogP contribution is -2.50. The molecule has 2 rings (SSSR count). The first-order valence-electron chi connectivity index (χ1n) is 8.42. The van der Waals surface area contributed by atoms with Crippen molar-refractivity contribution in [3.63, 3.8) is 0 Å². The van der Waals surface area contributed by atoms with Gasteiger partial charge in [0.15, 0.2) is 0 Å². The zero-order chi connectivity index (χ0) is 17.7. The van der Waals surface area contributed by atoms with Crippen molar-refractivity contribution < 1.29 is 17.9 Å². The van der Waals surface area contributed by atoms with Crippen LogP contribution < -0.4 is 0 Å². The van der Waals surface area contributed by atoms with Crippen molar-refractivity contribution in [3.05, 3.63) is 29.8 Å². The van der Waals surface area contributed by atoms with Crippen molar-refractivity contribution in [2.24, 2.45) is 0 Å². The van der Waals surface area contributed by atoms with Crippen LogP contribution in [0.4, 0.5) is 4.79 Å². The molecule has 1 fully saturated rings. The quantitative estimate of drug-likeness (QED) is 0.815. The van der Waals surface area contributed by atoms with E-state index in [4.69, 9.17) is 4.74 Å². The Morgan fingerprint density at radius 1 is 1.12 bits per heavy atom. The third-order valence-electron chi connectivity index (χ3n) is 4.46. The third-order valence-corrected chi connectivity index (χ3v) is 6.38. The number of rotatable bonds is 5. The molecule has 1 saturated heterocycles. The van der Waals surface area contributed by atoms with Crippen LogP contribution >= 0.6 is 0 Å². The molecule has 0 saturated carbocycles. The van der Waals surface area contributed by atoms with Crippen molar-refractivity contribution in [3.8, 4) is 0 Å². The first-order valence-corrected chi connectivity index (χ1v) is 9.86. The van der Waals surface area contributed by atoms with Gasteiger partial charge in [-0.2, -0.15) is 4.31 Å². The van der Waals surface area contributed by atoms with Crippen LogP contribution in [0.5, 0.6) is 0 Å². The first kappa shape index (κ1) is 18.7. The average molecular weight is 354 g/mol. The highest BCUT2D eigenvalue weighted by atomic mass is 32.2. The number of sulfonamides is 1. The van der Waals surface area contributed by atoms with Gasteiger partial charge in [0.25, 0.3) is 0 Å². The Balaban J connectivity index is 2.05. The largest absolute Gasteiger partial charge is 0.450 e. The maximum absolute atomic E-state index is 12.7. The predicted molar refractivity (Wildman–Crippen MR) is 92.5 cm³/mol. The lowest BCUT2D eigenvalue weighted by molar-refractivity contribution is 0.0934. The molecule has 1 aromatic carbocycles. The van der Waals surface area contributed by atoms with Gasteiger partial charge in [-0.25, -0.2) is 13.2 Å². The van der Waals surface area contributed by atoms with Crippen LogP contribution in [0, 0.1) is 0 Å². The molecule has 1 aromatic rings. The highest BCUT2D eigenvalue weighted by molar-refractivity contribution is 7.89.